The predicted molar refractivity (Wildman–Crippen MR) is 96.8 cm³/mol. The second-order valence-corrected chi connectivity index (χ2v) is 7.82. The lowest BCUT2D eigenvalue weighted by atomic mass is 9.84. The molecule has 2 fully saturated rings. The molecule has 2 unspecified atom stereocenters. The molecule has 5 nitrogen and oxygen atoms in total. The van der Waals surface area contributed by atoms with Gasteiger partial charge in [-0.3, -0.25) is 0 Å². The molecule has 2 aliphatic rings. The van der Waals surface area contributed by atoms with Gasteiger partial charge < -0.3 is 20.1 Å². The standard InChI is InChI=1S/C20H32F2O5/c1-2-3-6-13(21)14(23)10-9-12-15(24)11-17-19(12)20(22)16(27-17)7-4-5-8-18(25)26/h5,8,12-17,19-20,23-24H,2-4,6-7,9-11H2,1H3,(H,25,26)/t12-,13-,14?,15+,16?,17+,19+,20+/m0/s1. The summed E-state index contributed by atoms with van der Waals surface area (Å²) in [7, 11) is 0. The molecule has 0 aromatic carbocycles. The Morgan fingerprint density at radius 2 is 2.07 bits per heavy atom. The maximum absolute atomic E-state index is 14.9. The maximum atomic E-state index is 14.9. The van der Waals surface area contributed by atoms with Crippen LogP contribution in [0.25, 0.3) is 0 Å². The lowest BCUT2D eigenvalue weighted by molar-refractivity contribution is -0.131. The molecule has 0 radical (unpaired) electrons. The van der Waals surface area contributed by atoms with E-state index in [0.717, 1.165) is 12.5 Å². The number of rotatable bonds is 11. The number of halogens is 2. The summed E-state index contributed by atoms with van der Waals surface area (Å²) in [5, 5.41) is 28.8. The van der Waals surface area contributed by atoms with Gasteiger partial charge in [-0.2, -0.15) is 0 Å². The van der Waals surface area contributed by atoms with Gasteiger partial charge in [0.25, 0.3) is 0 Å². The molecule has 3 N–H and O–H groups in total. The van der Waals surface area contributed by atoms with Crippen LogP contribution in [0, 0.1) is 11.8 Å². The zero-order valence-corrected chi connectivity index (χ0v) is 15.8. The lowest BCUT2D eigenvalue weighted by Crippen LogP contribution is -2.32. The zero-order valence-electron chi connectivity index (χ0n) is 15.8. The molecule has 1 saturated carbocycles. The van der Waals surface area contributed by atoms with Crippen LogP contribution in [0.3, 0.4) is 0 Å². The third-order valence-corrected chi connectivity index (χ3v) is 5.89. The van der Waals surface area contributed by atoms with Crippen molar-refractivity contribution in [3.8, 4) is 0 Å². The van der Waals surface area contributed by atoms with Gasteiger partial charge >= 0.3 is 5.97 Å². The fraction of sp³-hybridized carbons (Fsp3) is 0.850. The van der Waals surface area contributed by atoms with Crippen molar-refractivity contribution in [1.82, 2.24) is 0 Å². The Kier molecular flexibility index (Phi) is 8.63. The Labute approximate surface area is 159 Å². The number of carbonyl (C=O) groups is 1. The number of allylic oxidation sites excluding steroid dienone is 1. The van der Waals surface area contributed by atoms with Crippen LogP contribution in [-0.4, -0.2) is 58.0 Å². The van der Waals surface area contributed by atoms with E-state index < -0.39 is 42.5 Å². The molecule has 0 aromatic heterocycles. The average molecular weight is 390 g/mol. The van der Waals surface area contributed by atoms with Crippen molar-refractivity contribution in [1.29, 1.82) is 0 Å². The number of aliphatic hydroxyl groups is 2. The molecule has 1 heterocycles. The molecule has 0 bridgehead atoms. The molecule has 27 heavy (non-hydrogen) atoms. The van der Waals surface area contributed by atoms with E-state index in [4.69, 9.17) is 9.84 Å². The highest BCUT2D eigenvalue weighted by atomic mass is 19.1. The Morgan fingerprint density at radius 1 is 1.33 bits per heavy atom. The summed E-state index contributed by atoms with van der Waals surface area (Å²) in [4.78, 5) is 10.5. The highest BCUT2D eigenvalue weighted by molar-refractivity contribution is 5.79. The van der Waals surface area contributed by atoms with Gasteiger partial charge in [-0.05, 0) is 38.0 Å². The van der Waals surface area contributed by atoms with Crippen LogP contribution in [0.2, 0.25) is 0 Å². The molecule has 1 aliphatic heterocycles. The first-order valence-electron chi connectivity index (χ1n) is 10.0. The van der Waals surface area contributed by atoms with Crippen molar-refractivity contribution < 1.29 is 33.6 Å². The summed E-state index contributed by atoms with van der Waals surface area (Å²) in [5.41, 5.74) is 0. The molecule has 0 spiro atoms. The van der Waals surface area contributed by atoms with Crippen LogP contribution in [0.4, 0.5) is 8.78 Å². The number of carboxylic acids is 1. The van der Waals surface area contributed by atoms with E-state index >= 15 is 0 Å². The molecule has 2 rings (SSSR count). The van der Waals surface area contributed by atoms with Crippen LogP contribution in [0.1, 0.15) is 58.3 Å². The number of fused-ring (bicyclic) bond motifs is 1. The second kappa shape index (κ2) is 10.5. The molecule has 156 valence electrons. The average Bonchev–Trinajstić information content (AvgIpc) is 3.09. The zero-order chi connectivity index (χ0) is 20.0. The minimum absolute atomic E-state index is 0.203. The molecular formula is C20H32F2O5. The van der Waals surface area contributed by atoms with Crippen molar-refractivity contribution in [3.63, 3.8) is 0 Å². The quantitative estimate of drug-likeness (QED) is 0.472. The first-order valence-corrected chi connectivity index (χ1v) is 10.0. The summed E-state index contributed by atoms with van der Waals surface area (Å²) >= 11 is 0. The third-order valence-electron chi connectivity index (χ3n) is 5.89. The molecular weight excluding hydrogens is 358 g/mol. The summed E-state index contributed by atoms with van der Waals surface area (Å²) in [6, 6.07) is 0. The number of unbranched alkanes of at least 4 members (excludes halogenated alkanes) is 1. The van der Waals surface area contributed by atoms with E-state index in [1.807, 2.05) is 6.92 Å². The highest BCUT2D eigenvalue weighted by Gasteiger charge is 2.54. The van der Waals surface area contributed by atoms with E-state index in [1.165, 1.54) is 6.08 Å². The van der Waals surface area contributed by atoms with Crippen molar-refractivity contribution in [2.75, 3.05) is 0 Å². The first-order chi connectivity index (χ1) is 12.8. The van der Waals surface area contributed by atoms with E-state index in [2.05, 4.69) is 0 Å². The Morgan fingerprint density at radius 3 is 2.74 bits per heavy atom. The molecule has 8 atom stereocenters. The maximum Gasteiger partial charge on any atom is 0.327 e. The Hall–Kier alpha value is -1.05. The van der Waals surface area contributed by atoms with Gasteiger partial charge in [0.2, 0.25) is 0 Å². The van der Waals surface area contributed by atoms with Gasteiger partial charge in [-0.15, -0.1) is 0 Å². The van der Waals surface area contributed by atoms with Crippen molar-refractivity contribution >= 4 is 5.97 Å². The van der Waals surface area contributed by atoms with E-state index in [0.29, 0.717) is 38.5 Å². The molecule has 1 saturated heterocycles. The SMILES string of the molecule is CCCC[C@H](F)C(O)CC[C@@H]1[C@H]2[C@H](F)C(CCC=CC(=O)O)O[C@@H]2C[C@H]1O. The van der Waals surface area contributed by atoms with Crippen LogP contribution < -0.4 is 0 Å². The van der Waals surface area contributed by atoms with Crippen molar-refractivity contribution in [2.45, 2.75) is 95.0 Å². The summed E-state index contributed by atoms with van der Waals surface area (Å²) < 4.78 is 34.6. The number of aliphatic carboxylic acids is 1. The largest absolute Gasteiger partial charge is 0.478 e. The highest BCUT2D eigenvalue weighted by Crippen LogP contribution is 2.47. The minimum atomic E-state index is -1.28. The summed E-state index contributed by atoms with van der Waals surface area (Å²) in [6.07, 6.45) is 0.820. The number of alkyl halides is 2. The predicted octanol–water partition coefficient (Wildman–Crippen LogP) is 3.18. The van der Waals surface area contributed by atoms with Crippen LogP contribution in [0.15, 0.2) is 12.2 Å². The number of ether oxygens (including phenoxy) is 1. The number of aliphatic hydroxyl groups excluding tert-OH is 2. The van der Waals surface area contributed by atoms with Gasteiger partial charge in [-0.1, -0.05) is 25.8 Å². The van der Waals surface area contributed by atoms with Crippen LogP contribution >= 0.6 is 0 Å². The second-order valence-electron chi connectivity index (χ2n) is 7.82. The van der Waals surface area contributed by atoms with Gasteiger partial charge in [0.15, 0.2) is 0 Å². The Balaban J connectivity index is 1.85. The molecule has 1 aliphatic carbocycles. The van der Waals surface area contributed by atoms with Gasteiger partial charge in [0.1, 0.15) is 12.3 Å². The minimum Gasteiger partial charge on any atom is -0.478 e. The number of hydrogen-bond acceptors (Lipinski definition) is 4. The lowest BCUT2D eigenvalue weighted by Gasteiger charge is -2.25. The van der Waals surface area contributed by atoms with Crippen molar-refractivity contribution in [3.05, 3.63) is 12.2 Å². The Bertz CT molecular complexity index is 501. The topological polar surface area (TPSA) is 87.0 Å². The third kappa shape index (κ3) is 5.96. The smallest absolute Gasteiger partial charge is 0.327 e. The monoisotopic (exact) mass is 390 g/mol. The summed E-state index contributed by atoms with van der Waals surface area (Å²) in [6.45, 7) is 1.96. The van der Waals surface area contributed by atoms with Crippen LogP contribution in [0.5, 0.6) is 0 Å². The van der Waals surface area contributed by atoms with Gasteiger partial charge in [0.05, 0.1) is 24.4 Å². The van der Waals surface area contributed by atoms with E-state index in [9.17, 15) is 23.8 Å². The van der Waals surface area contributed by atoms with Crippen LogP contribution in [-0.2, 0) is 9.53 Å². The summed E-state index contributed by atoms with van der Waals surface area (Å²) in [5.74, 6) is -1.84. The first kappa shape index (κ1) is 22.2. The fourth-order valence-corrected chi connectivity index (χ4v) is 4.43. The number of hydrogen-bond donors (Lipinski definition) is 3. The molecule has 7 heteroatoms. The normalized spacial score (nSPS) is 35.4. The number of carboxylic acid groups (broad SMARTS) is 1. The fourth-order valence-electron chi connectivity index (χ4n) is 4.43. The van der Waals surface area contributed by atoms with Gasteiger partial charge in [-0.25, -0.2) is 13.6 Å². The van der Waals surface area contributed by atoms with E-state index in [-0.39, 0.29) is 18.4 Å². The van der Waals surface area contributed by atoms with Gasteiger partial charge in [0, 0.05) is 18.4 Å². The molecule has 0 aromatic rings. The van der Waals surface area contributed by atoms with E-state index in [1.54, 1.807) is 0 Å². The van der Waals surface area contributed by atoms with Crippen molar-refractivity contribution in [2.24, 2.45) is 11.8 Å². The molecule has 0 amide bonds.